The number of rotatable bonds is 6. The highest BCUT2D eigenvalue weighted by atomic mass is 32.2. The Morgan fingerprint density at radius 1 is 1.09 bits per heavy atom. The van der Waals surface area contributed by atoms with Gasteiger partial charge in [0.05, 0.1) is 0 Å². The summed E-state index contributed by atoms with van der Waals surface area (Å²) in [7, 11) is -3.92. The lowest BCUT2D eigenvalue weighted by molar-refractivity contribution is -0.137. The third kappa shape index (κ3) is 4.45. The van der Waals surface area contributed by atoms with E-state index in [0.29, 0.717) is 50.6 Å². The number of nitrogens with zero attached hydrogens (tertiary/aromatic N) is 2. The first kappa shape index (κ1) is 22.5. The number of hydrogen-bond acceptors (Lipinski definition) is 5. The number of carbonyl (C=O) groups excluding carboxylic acids is 1. The van der Waals surface area contributed by atoms with Crippen molar-refractivity contribution in [2.45, 2.75) is 31.2 Å². The summed E-state index contributed by atoms with van der Waals surface area (Å²) in [5, 5.41) is 0. The van der Waals surface area contributed by atoms with Gasteiger partial charge in [0, 0.05) is 37.7 Å². The van der Waals surface area contributed by atoms with Crippen molar-refractivity contribution in [3.63, 3.8) is 0 Å². The van der Waals surface area contributed by atoms with Crippen LogP contribution in [-0.2, 0) is 21.4 Å². The third-order valence-corrected chi connectivity index (χ3v) is 7.89. The molecule has 32 heavy (non-hydrogen) atoms. The van der Waals surface area contributed by atoms with E-state index >= 15 is 0 Å². The van der Waals surface area contributed by atoms with Gasteiger partial charge in [-0.05, 0) is 38.0 Å². The Balaban J connectivity index is 1.42. The molecule has 0 saturated carbocycles. The fourth-order valence-corrected chi connectivity index (χ4v) is 5.74. The Kier molecular flexibility index (Phi) is 6.66. The zero-order valence-electron chi connectivity index (χ0n) is 18.0. The van der Waals surface area contributed by atoms with Gasteiger partial charge in [0.25, 0.3) is 0 Å². The van der Waals surface area contributed by atoms with Gasteiger partial charge < -0.3 is 14.4 Å². The van der Waals surface area contributed by atoms with Gasteiger partial charge in [-0.3, -0.25) is 4.79 Å². The normalized spacial score (nSPS) is 17.2. The van der Waals surface area contributed by atoms with E-state index in [0.717, 1.165) is 11.6 Å². The van der Waals surface area contributed by atoms with E-state index in [9.17, 15) is 17.6 Å². The average Bonchev–Trinajstić information content (AvgIpc) is 2.82. The summed E-state index contributed by atoms with van der Waals surface area (Å²) in [4.78, 5) is 14.6. The summed E-state index contributed by atoms with van der Waals surface area (Å²) in [5.41, 5.74) is 0.886. The summed E-state index contributed by atoms with van der Waals surface area (Å²) in [6, 6.07) is 11.0. The lowest BCUT2D eigenvalue weighted by Gasteiger charge is -2.33. The zero-order valence-corrected chi connectivity index (χ0v) is 18.8. The fourth-order valence-electron chi connectivity index (χ4n) is 4.20. The van der Waals surface area contributed by atoms with Crippen LogP contribution in [0.1, 0.15) is 25.3 Å². The van der Waals surface area contributed by atoms with Crippen LogP contribution >= 0.6 is 0 Å². The van der Waals surface area contributed by atoms with Crippen molar-refractivity contribution in [1.29, 1.82) is 0 Å². The molecule has 0 aromatic heterocycles. The minimum atomic E-state index is -3.92. The Bertz CT molecular complexity index is 1080. The molecule has 2 aromatic carbocycles. The molecule has 1 saturated heterocycles. The Labute approximate surface area is 187 Å². The highest BCUT2D eigenvalue weighted by Crippen LogP contribution is 2.35. The highest BCUT2D eigenvalue weighted by molar-refractivity contribution is 7.89. The highest BCUT2D eigenvalue weighted by Gasteiger charge is 2.35. The maximum atomic E-state index is 14.0. The van der Waals surface area contributed by atoms with E-state index in [2.05, 4.69) is 0 Å². The summed E-state index contributed by atoms with van der Waals surface area (Å²) < 4.78 is 52.3. The van der Waals surface area contributed by atoms with Gasteiger partial charge in [-0.15, -0.1) is 0 Å². The molecular formula is C23H27FN2O5S. The molecule has 0 unspecified atom stereocenters. The van der Waals surface area contributed by atoms with Crippen LogP contribution in [0.25, 0.3) is 0 Å². The predicted molar refractivity (Wildman–Crippen MR) is 116 cm³/mol. The van der Waals surface area contributed by atoms with E-state index in [1.807, 2.05) is 25.1 Å². The first-order chi connectivity index (χ1) is 15.4. The SMILES string of the molecule is CCN(Cc1cccc2c1OCCO2)C(=O)C1CCN(S(=O)(=O)c2ccccc2F)CC1. The molecule has 0 bridgehead atoms. The van der Waals surface area contributed by atoms with Gasteiger partial charge in [0.15, 0.2) is 11.5 Å². The summed E-state index contributed by atoms with van der Waals surface area (Å²) >= 11 is 0. The van der Waals surface area contributed by atoms with Crippen LogP contribution in [0.5, 0.6) is 11.5 Å². The molecule has 0 radical (unpaired) electrons. The van der Waals surface area contributed by atoms with Crippen molar-refractivity contribution in [3.05, 3.63) is 53.8 Å². The molecule has 0 spiro atoms. The number of hydrogen-bond donors (Lipinski definition) is 0. The quantitative estimate of drug-likeness (QED) is 0.660. The van der Waals surface area contributed by atoms with Gasteiger partial charge in [-0.2, -0.15) is 4.31 Å². The van der Waals surface area contributed by atoms with Crippen LogP contribution in [0.4, 0.5) is 4.39 Å². The van der Waals surface area contributed by atoms with Crippen molar-refractivity contribution >= 4 is 15.9 Å². The first-order valence-corrected chi connectivity index (χ1v) is 12.3. The van der Waals surface area contributed by atoms with Crippen LogP contribution in [-0.4, -0.2) is 56.4 Å². The molecule has 1 amide bonds. The van der Waals surface area contributed by atoms with Gasteiger partial charge in [0.2, 0.25) is 15.9 Å². The molecule has 2 heterocycles. The second-order valence-corrected chi connectivity index (χ2v) is 9.81. The van der Waals surface area contributed by atoms with E-state index in [4.69, 9.17) is 9.47 Å². The summed E-state index contributed by atoms with van der Waals surface area (Å²) in [6.45, 7) is 4.18. The van der Waals surface area contributed by atoms with Crippen molar-refractivity contribution in [2.75, 3.05) is 32.8 Å². The molecule has 2 aromatic rings. The van der Waals surface area contributed by atoms with Crippen molar-refractivity contribution in [2.24, 2.45) is 5.92 Å². The summed E-state index contributed by atoms with van der Waals surface area (Å²) in [5.74, 6) is 0.309. The van der Waals surface area contributed by atoms with Gasteiger partial charge in [-0.25, -0.2) is 12.8 Å². The number of sulfonamides is 1. The van der Waals surface area contributed by atoms with Gasteiger partial charge in [-0.1, -0.05) is 24.3 Å². The maximum absolute atomic E-state index is 14.0. The monoisotopic (exact) mass is 462 g/mol. The maximum Gasteiger partial charge on any atom is 0.245 e. The minimum Gasteiger partial charge on any atom is -0.486 e. The Hall–Kier alpha value is -2.65. The standard InChI is InChI=1S/C23H27FN2O5S/c1-2-25(16-18-6-5-8-20-22(18)31-15-14-30-20)23(27)17-10-12-26(13-11-17)32(28,29)21-9-4-3-7-19(21)24/h3-9,17H,2,10-16H2,1H3. The predicted octanol–water partition coefficient (Wildman–Crippen LogP) is 3.05. The summed E-state index contributed by atoms with van der Waals surface area (Å²) in [6.07, 6.45) is 0.797. The molecule has 0 atom stereocenters. The lowest BCUT2D eigenvalue weighted by Crippen LogP contribution is -2.44. The molecule has 1 fully saturated rings. The van der Waals surface area contributed by atoms with Gasteiger partial charge >= 0.3 is 0 Å². The van der Waals surface area contributed by atoms with Crippen molar-refractivity contribution in [1.82, 2.24) is 9.21 Å². The number of piperidine rings is 1. The van der Waals surface area contributed by atoms with E-state index in [1.165, 1.54) is 22.5 Å². The third-order valence-electron chi connectivity index (χ3n) is 5.96. The van der Waals surface area contributed by atoms with E-state index < -0.39 is 15.8 Å². The molecule has 172 valence electrons. The molecule has 0 N–H and O–H groups in total. The molecule has 2 aliphatic rings. The molecule has 2 aliphatic heterocycles. The molecule has 4 rings (SSSR count). The van der Waals surface area contributed by atoms with Crippen molar-refractivity contribution in [3.8, 4) is 11.5 Å². The first-order valence-electron chi connectivity index (χ1n) is 10.8. The topological polar surface area (TPSA) is 76.2 Å². The fraction of sp³-hybridized carbons (Fsp3) is 0.435. The number of ether oxygens (including phenoxy) is 2. The number of para-hydroxylation sites is 1. The largest absolute Gasteiger partial charge is 0.486 e. The smallest absolute Gasteiger partial charge is 0.245 e. The Morgan fingerprint density at radius 3 is 2.53 bits per heavy atom. The average molecular weight is 463 g/mol. The Morgan fingerprint density at radius 2 is 1.81 bits per heavy atom. The number of amides is 1. The number of halogens is 1. The lowest BCUT2D eigenvalue weighted by atomic mass is 9.96. The van der Waals surface area contributed by atoms with Crippen LogP contribution in [0.15, 0.2) is 47.4 Å². The minimum absolute atomic E-state index is 0.00947. The van der Waals surface area contributed by atoms with E-state index in [-0.39, 0.29) is 29.8 Å². The zero-order chi connectivity index (χ0) is 22.7. The van der Waals surface area contributed by atoms with Gasteiger partial charge in [0.1, 0.15) is 23.9 Å². The molecule has 0 aliphatic carbocycles. The number of fused-ring (bicyclic) bond motifs is 1. The van der Waals surface area contributed by atoms with Crippen LogP contribution < -0.4 is 9.47 Å². The second kappa shape index (κ2) is 9.46. The van der Waals surface area contributed by atoms with Crippen LogP contribution in [0.3, 0.4) is 0 Å². The molecule has 7 nitrogen and oxygen atoms in total. The molecular weight excluding hydrogens is 435 g/mol. The van der Waals surface area contributed by atoms with E-state index in [1.54, 1.807) is 4.90 Å². The number of carbonyl (C=O) groups is 1. The second-order valence-electron chi connectivity index (χ2n) is 7.90. The van der Waals surface area contributed by atoms with Crippen molar-refractivity contribution < 1.29 is 27.1 Å². The van der Waals surface area contributed by atoms with Crippen LogP contribution in [0, 0.1) is 11.7 Å². The molecule has 9 heteroatoms. The van der Waals surface area contributed by atoms with Crippen LogP contribution in [0.2, 0.25) is 0 Å². The number of benzene rings is 2.